The Kier molecular flexibility index (Phi) is 3.92. The molecule has 0 bridgehead atoms. The zero-order valence-electron chi connectivity index (χ0n) is 12.3. The molecule has 2 heterocycles. The van der Waals surface area contributed by atoms with Crippen molar-refractivity contribution in [3.63, 3.8) is 0 Å². The van der Waals surface area contributed by atoms with Crippen LogP contribution in [-0.4, -0.2) is 15.9 Å². The number of thiazole rings is 2. The van der Waals surface area contributed by atoms with Gasteiger partial charge in [0.05, 0.1) is 21.4 Å². The molecule has 3 rings (SSSR count). The van der Waals surface area contributed by atoms with Crippen LogP contribution in [0.1, 0.15) is 35.5 Å². The highest BCUT2D eigenvalue weighted by Gasteiger charge is 2.20. The van der Waals surface area contributed by atoms with Gasteiger partial charge >= 0.3 is 0 Å². The van der Waals surface area contributed by atoms with Crippen molar-refractivity contribution in [3.8, 4) is 0 Å². The van der Waals surface area contributed by atoms with E-state index in [1.54, 1.807) is 12.3 Å². The first-order valence-corrected chi connectivity index (χ1v) is 8.68. The van der Waals surface area contributed by atoms with Crippen LogP contribution in [0, 0.1) is 0 Å². The van der Waals surface area contributed by atoms with E-state index in [-0.39, 0.29) is 11.3 Å². The first-order chi connectivity index (χ1) is 10.3. The van der Waals surface area contributed by atoms with Crippen molar-refractivity contribution >= 4 is 55.5 Å². The van der Waals surface area contributed by atoms with Crippen molar-refractivity contribution in [2.75, 3.05) is 5.32 Å². The molecular weight excluding hydrogens is 338 g/mol. The number of hydrogen-bond acceptors (Lipinski definition) is 5. The number of halogens is 1. The lowest BCUT2D eigenvalue weighted by atomic mass is 9.98. The van der Waals surface area contributed by atoms with Crippen LogP contribution in [0.4, 0.5) is 5.13 Å². The molecule has 0 saturated heterocycles. The van der Waals surface area contributed by atoms with Crippen molar-refractivity contribution < 1.29 is 4.79 Å². The molecule has 3 aromatic rings. The number of hydrogen-bond donors (Lipinski definition) is 1. The standard InChI is InChI=1S/C15H14ClN3OS2/c1-15(2,3)13-17-7-11(21-13)12(20)19-14-18-9-5-4-8(16)6-10(9)22-14/h4-7H,1-3H3,(H,18,19,20). The Morgan fingerprint density at radius 2 is 2.05 bits per heavy atom. The van der Waals surface area contributed by atoms with Crippen molar-refractivity contribution in [1.29, 1.82) is 0 Å². The van der Waals surface area contributed by atoms with Crippen LogP contribution in [-0.2, 0) is 5.41 Å². The zero-order chi connectivity index (χ0) is 15.9. The topological polar surface area (TPSA) is 54.9 Å². The van der Waals surface area contributed by atoms with Gasteiger partial charge in [0.15, 0.2) is 5.13 Å². The molecule has 1 amide bonds. The van der Waals surface area contributed by atoms with E-state index in [2.05, 4.69) is 36.1 Å². The number of carbonyl (C=O) groups excluding carboxylic acids is 1. The highest BCUT2D eigenvalue weighted by atomic mass is 35.5. The van der Waals surface area contributed by atoms with Crippen LogP contribution in [0.15, 0.2) is 24.4 Å². The predicted octanol–water partition coefficient (Wildman–Crippen LogP) is 4.96. The summed E-state index contributed by atoms with van der Waals surface area (Å²) in [5.74, 6) is -0.182. The minimum atomic E-state index is -0.182. The van der Waals surface area contributed by atoms with Gasteiger partial charge in [-0.25, -0.2) is 9.97 Å². The highest BCUT2D eigenvalue weighted by Crippen LogP contribution is 2.30. The normalized spacial score (nSPS) is 11.8. The van der Waals surface area contributed by atoms with Crippen LogP contribution in [0.3, 0.4) is 0 Å². The van der Waals surface area contributed by atoms with E-state index >= 15 is 0 Å². The molecule has 0 saturated carbocycles. The fraction of sp³-hybridized carbons (Fsp3) is 0.267. The lowest BCUT2D eigenvalue weighted by Gasteiger charge is -2.13. The molecule has 7 heteroatoms. The molecule has 4 nitrogen and oxygen atoms in total. The molecule has 114 valence electrons. The lowest BCUT2D eigenvalue weighted by molar-refractivity contribution is 0.103. The third-order valence-corrected chi connectivity index (χ3v) is 5.53. The smallest absolute Gasteiger partial charge is 0.269 e. The van der Waals surface area contributed by atoms with Gasteiger partial charge in [-0.05, 0) is 18.2 Å². The molecule has 0 aliphatic heterocycles. The summed E-state index contributed by atoms with van der Waals surface area (Å²) in [6.45, 7) is 6.22. The van der Waals surface area contributed by atoms with Crippen LogP contribution in [0.2, 0.25) is 5.02 Å². The van der Waals surface area contributed by atoms with Crippen LogP contribution < -0.4 is 5.32 Å². The summed E-state index contributed by atoms with van der Waals surface area (Å²) in [6.07, 6.45) is 1.62. The number of rotatable bonds is 2. The average molecular weight is 352 g/mol. The average Bonchev–Trinajstić information content (AvgIpc) is 3.03. The monoisotopic (exact) mass is 351 g/mol. The fourth-order valence-corrected chi connectivity index (χ4v) is 3.84. The van der Waals surface area contributed by atoms with Crippen molar-refractivity contribution in [2.24, 2.45) is 0 Å². The quantitative estimate of drug-likeness (QED) is 0.710. The maximum Gasteiger partial charge on any atom is 0.269 e. The molecule has 0 radical (unpaired) electrons. The number of carbonyl (C=O) groups is 1. The summed E-state index contributed by atoms with van der Waals surface area (Å²) >= 11 is 8.77. The largest absolute Gasteiger partial charge is 0.297 e. The molecule has 1 aromatic carbocycles. The van der Waals surface area contributed by atoms with Crippen LogP contribution in [0.5, 0.6) is 0 Å². The number of fused-ring (bicyclic) bond motifs is 1. The minimum Gasteiger partial charge on any atom is -0.297 e. The molecule has 0 aliphatic rings. The number of nitrogens with zero attached hydrogens (tertiary/aromatic N) is 2. The number of benzene rings is 1. The van der Waals surface area contributed by atoms with Crippen molar-refractivity contribution in [3.05, 3.63) is 39.3 Å². The Bertz CT molecular complexity index is 848. The zero-order valence-corrected chi connectivity index (χ0v) is 14.7. The Morgan fingerprint density at radius 1 is 1.27 bits per heavy atom. The molecular formula is C15H14ClN3OS2. The summed E-state index contributed by atoms with van der Waals surface area (Å²) in [4.78, 5) is 21.6. The maximum atomic E-state index is 12.3. The van der Waals surface area contributed by atoms with E-state index in [4.69, 9.17) is 11.6 Å². The van der Waals surface area contributed by atoms with E-state index in [0.29, 0.717) is 15.0 Å². The molecule has 0 unspecified atom stereocenters. The van der Waals surface area contributed by atoms with Crippen molar-refractivity contribution in [2.45, 2.75) is 26.2 Å². The molecule has 22 heavy (non-hydrogen) atoms. The first-order valence-electron chi connectivity index (χ1n) is 6.67. The van der Waals surface area contributed by atoms with Gasteiger partial charge < -0.3 is 0 Å². The number of aromatic nitrogens is 2. The maximum absolute atomic E-state index is 12.3. The van der Waals surface area contributed by atoms with Gasteiger partial charge in [0.25, 0.3) is 5.91 Å². The Balaban J connectivity index is 1.82. The second-order valence-electron chi connectivity index (χ2n) is 5.86. The number of nitrogens with one attached hydrogen (secondary N) is 1. The SMILES string of the molecule is CC(C)(C)c1ncc(C(=O)Nc2nc3ccc(Cl)cc3s2)s1. The highest BCUT2D eigenvalue weighted by molar-refractivity contribution is 7.22. The fourth-order valence-electron chi connectivity index (χ4n) is 1.84. The first kappa shape index (κ1) is 15.4. The van der Waals surface area contributed by atoms with Gasteiger partial charge in [0.1, 0.15) is 4.88 Å². The van der Waals surface area contributed by atoms with Gasteiger partial charge in [-0.3, -0.25) is 10.1 Å². The Hall–Kier alpha value is -1.50. The third kappa shape index (κ3) is 3.14. The van der Waals surface area contributed by atoms with E-state index < -0.39 is 0 Å². The lowest BCUT2D eigenvalue weighted by Crippen LogP contribution is -2.10. The van der Waals surface area contributed by atoms with E-state index in [1.807, 2.05) is 12.1 Å². The Labute approximate surface area is 141 Å². The second-order valence-corrected chi connectivity index (χ2v) is 8.36. The molecule has 0 atom stereocenters. The molecule has 0 spiro atoms. The second kappa shape index (κ2) is 5.61. The Morgan fingerprint density at radius 3 is 2.73 bits per heavy atom. The van der Waals surface area contributed by atoms with E-state index in [0.717, 1.165) is 15.2 Å². The third-order valence-electron chi connectivity index (χ3n) is 2.94. The molecule has 0 aliphatic carbocycles. The van der Waals surface area contributed by atoms with Crippen molar-refractivity contribution in [1.82, 2.24) is 9.97 Å². The number of amides is 1. The summed E-state index contributed by atoms with van der Waals surface area (Å²) in [6, 6.07) is 5.47. The van der Waals surface area contributed by atoms with Gasteiger partial charge in [0.2, 0.25) is 0 Å². The number of anilines is 1. The van der Waals surface area contributed by atoms with Crippen LogP contribution in [0.25, 0.3) is 10.2 Å². The summed E-state index contributed by atoms with van der Waals surface area (Å²) in [7, 11) is 0. The molecule has 1 N–H and O–H groups in total. The van der Waals surface area contributed by atoms with Gasteiger partial charge in [0, 0.05) is 10.4 Å². The molecule has 0 fully saturated rings. The molecule has 2 aromatic heterocycles. The predicted molar refractivity (Wildman–Crippen MR) is 93.4 cm³/mol. The van der Waals surface area contributed by atoms with E-state index in [1.165, 1.54) is 22.7 Å². The van der Waals surface area contributed by atoms with Gasteiger partial charge in [-0.1, -0.05) is 43.7 Å². The van der Waals surface area contributed by atoms with Gasteiger partial charge in [-0.2, -0.15) is 0 Å². The van der Waals surface area contributed by atoms with E-state index in [9.17, 15) is 4.79 Å². The summed E-state index contributed by atoms with van der Waals surface area (Å²) in [5, 5.41) is 4.99. The van der Waals surface area contributed by atoms with Crippen LogP contribution >= 0.6 is 34.3 Å². The summed E-state index contributed by atoms with van der Waals surface area (Å²) < 4.78 is 0.947. The summed E-state index contributed by atoms with van der Waals surface area (Å²) in [5.41, 5.74) is 0.764. The van der Waals surface area contributed by atoms with Gasteiger partial charge in [-0.15, -0.1) is 11.3 Å². The minimum absolute atomic E-state index is 0.0597.